The van der Waals surface area contributed by atoms with E-state index in [1.165, 1.54) is 19.3 Å². The molecule has 0 bridgehead atoms. The molecule has 2 heterocycles. The highest BCUT2D eigenvalue weighted by molar-refractivity contribution is 6.33. The molecule has 20 heavy (non-hydrogen) atoms. The minimum atomic E-state index is -0.0708. The van der Waals surface area contributed by atoms with Crippen molar-refractivity contribution in [3.63, 3.8) is 0 Å². The largest absolute Gasteiger partial charge is 0.364 e. The molecule has 5 nitrogen and oxygen atoms in total. The van der Waals surface area contributed by atoms with Crippen LogP contribution in [0.15, 0.2) is 11.0 Å². The molecule has 110 valence electrons. The van der Waals surface area contributed by atoms with E-state index in [2.05, 4.69) is 5.10 Å². The third-order valence-electron chi connectivity index (χ3n) is 4.40. The van der Waals surface area contributed by atoms with Crippen LogP contribution in [0.3, 0.4) is 0 Å². The van der Waals surface area contributed by atoms with Gasteiger partial charge in [-0.25, -0.2) is 4.68 Å². The first kappa shape index (κ1) is 13.9. The molecule has 1 aromatic heterocycles. The summed E-state index contributed by atoms with van der Waals surface area (Å²) in [7, 11) is 0. The summed E-state index contributed by atoms with van der Waals surface area (Å²) in [6.07, 6.45) is 7.26. The first-order chi connectivity index (χ1) is 9.65. The SMILES string of the molecule is NC1CCCN(c2c(Cl)cnn(CC3CCC3)c2=O)C1. The van der Waals surface area contributed by atoms with Gasteiger partial charge in [-0.05, 0) is 31.6 Å². The summed E-state index contributed by atoms with van der Waals surface area (Å²) in [6.45, 7) is 2.25. The van der Waals surface area contributed by atoms with Gasteiger partial charge >= 0.3 is 0 Å². The zero-order chi connectivity index (χ0) is 14.1. The van der Waals surface area contributed by atoms with E-state index in [1.807, 2.05) is 4.90 Å². The predicted molar refractivity (Wildman–Crippen MR) is 80.3 cm³/mol. The van der Waals surface area contributed by atoms with Crippen LogP contribution in [0.1, 0.15) is 32.1 Å². The van der Waals surface area contributed by atoms with Gasteiger partial charge in [-0.1, -0.05) is 18.0 Å². The van der Waals surface area contributed by atoms with Crippen molar-refractivity contribution in [2.24, 2.45) is 11.7 Å². The van der Waals surface area contributed by atoms with Crippen molar-refractivity contribution in [2.45, 2.75) is 44.7 Å². The fourth-order valence-corrected chi connectivity index (χ4v) is 3.25. The summed E-state index contributed by atoms with van der Waals surface area (Å²) in [5.74, 6) is 0.595. The van der Waals surface area contributed by atoms with Crippen molar-refractivity contribution >= 4 is 17.3 Å². The Morgan fingerprint density at radius 2 is 2.15 bits per heavy atom. The fraction of sp³-hybridized carbons (Fsp3) is 0.714. The Labute approximate surface area is 123 Å². The van der Waals surface area contributed by atoms with Crippen LogP contribution >= 0.6 is 11.6 Å². The van der Waals surface area contributed by atoms with Crippen molar-refractivity contribution in [3.8, 4) is 0 Å². The van der Waals surface area contributed by atoms with E-state index >= 15 is 0 Å². The second kappa shape index (κ2) is 5.74. The van der Waals surface area contributed by atoms with E-state index in [0.29, 0.717) is 29.7 Å². The lowest BCUT2D eigenvalue weighted by molar-refractivity contribution is 0.261. The maximum Gasteiger partial charge on any atom is 0.291 e. The maximum atomic E-state index is 12.6. The molecule has 6 heteroatoms. The smallest absolute Gasteiger partial charge is 0.291 e. The summed E-state index contributed by atoms with van der Waals surface area (Å²) in [5, 5.41) is 4.63. The molecule has 1 aliphatic heterocycles. The molecule has 1 aliphatic carbocycles. The molecule has 3 rings (SSSR count). The lowest BCUT2D eigenvalue weighted by Gasteiger charge is -2.33. The summed E-state index contributed by atoms with van der Waals surface area (Å²) in [4.78, 5) is 14.6. The molecular weight excluding hydrogens is 276 g/mol. The second-order valence-electron chi connectivity index (χ2n) is 5.97. The van der Waals surface area contributed by atoms with E-state index < -0.39 is 0 Å². The quantitative estimate of drug-likeness (QED) is 0.921. The summed E-state index contributed by atoms with van der Waals surface area (Å²) < 4.78 is 1.57. The Hall–Kier alpha value is -1.07. The van der Waals surface area contributed by atoms with Crippen LogP contribution in [0.2, 0.25) is 5.02 Å². The first-order valence-electron chi connectivity index (χ1n) is 7.41. The summed E-state index contributed by atoms with van der Waals surface area (Å²) in [5.41, 5.74) is 6.51. The van der Waals surface area contributed by atoms with E-state index in [9.17, 15) is 4.79 Å². The van der Waals surface area contributed by atoms with Gasteiger partial charge in [-0.2, -0.15) is 5.10 Å². The van der Waals surface area contributed by atoms with Gasteiger partial charge in [0, 0.05) is 25.7 Å². The zero-order valence-corrected chi connectivity index (χ0v) is 12.4. The molecule has 0 radical (unpaired) electrons. The minimum Gasteiger partial charge on any atom is -0.364 e. The van der Waals surface area contributed by atoms with Gasteiger partial charge in [-0.15, -0.1) is 0 Å². The van der Waals surface area contributed by atoms with Crippen LogP contribution in [-0.4, -0.2) is 28.9 Å². The number of hydrogen-bond acceptors (Lipinski definition) is 4. The molecule has 2 aliphatic rings. The van der Waals surface area contributed by atoms with E-state index in [4.69, 9.17) is 17.3 Å². The van der Waals surface area contributed by atoms with Gasteiger partial charge in [0.1, 0.15) is 5.69 Å². The van der Waals surface area contributed by atoms with Crippen molar-refractivity contribution in [1.29, 1.82) is 0 Å². The van der Waals surface area contributed by atoms with Gasteiger partial charge in [0.15, 0.2) is 0 Å². The van der Waals surface area contributed by atoms with Crippen LogP contribution in [-0.2, 0) is 6.54 Å². The molecule has 2 fully saturated rings. The number of hydrogen-bond donors (Lipinski definition) is 1. The third-order valence-corrected chi connectivity index (χ3v) is 4.68. The van der Waals surface area contributed by atoms with Gasteiger partial charge in [-0.3, -0.25) is 4.79 Å². The average Bonchev–Trinajstić information content (AvgIpc) is 2.36. The van der Waals surface area contributed by atoms with E-state index in [-0.39, 0.29) is 11.6 Å². The Morgan fingerprint density at radius 1 is 1.35 bits per heavy atom. The molecule has 0 aromatic carbocycles. The highest BCUT2D eigenvalue weighted by atomic mass is 35.5. The van der Waals surface area contributed by atoms with Crippen molar-refractivity contribution < 1.29 is 0 Å². The lowest BCUT2D eigenvalue weighted by atomic mass is 9.85. The number of halogens is 1. The van der Waals surface area contributed by atoms with Crippen molar-refractivity contribution in [1.82, 2.24) is 9.78 Å². The summed E-state index contributed by atoms with van der Waals surface area (Å²) >= 11 is 6.21. The van der Waals surface area contributed by atoms with E-state index in [1.54, 1.807) is 10.9 Å². The summed E-state index contributed by atoms with van der Waals surface area (Å²) in [6, 6.07) is 0.118. The van der Waals surface area contributed by atoms with Crippen molar-refractivity contribution in [2.75, 3.05) is 18.0 Å². The van der Waals surface area contributed by atoms with Gasteiger partial charge in [0.05, 0.1) is 11.2 Å². The molecule has 1 unspecified atom stereocenters. The number of rotatable bonds is 3. The Bertz CT molecular complexity index is 540. The van der Waals surface area contributed by atoms with Gasteiger partial charge in [0.25, 0.3) is 5.56 Å². The van der Waals surface area contributed by atoms with Crippen LogP contribution in [0.4, 0.5) is 5.69 Å². The predicted octanol–water partition coefficient (Wildman–Crippen LogP) is 1.62. The number of piperidine rings is 1. The zero-order valence-electron chi connectivity index (χ0n) is 11.6. The highest BCUT2D eigenvalue weighted by Gasteiger charge is 2.24. The molecule has 1 aromatic rings. The number of nitrogens with zero attached hydrogens (tertiary/aromatic N) is 3. The normalized spacial score (nSPS) is 23.7. The standard InChI is InChI=1S/C14H21ClN4O/c15-12-7-17-19(8-10-3-1-4-10)14(20)13(12)18-6-2-5-11(16)9-18/h7,10-11H,1-6,8-9,16H2. The topological polar surface area (TPSA) is 64.2 Å². The average molecular weight is 297 g/mol. The fourth-order valence-electron chi connectivity index (χ4n) is 3.01. The van der Waals surface area contributed by atoms with Crippen molar-refractivity contribution in [3.05, 3.63) is 21.6 Å². The van der Waals surface area contributed by atoms with Crippen LogP contribution in [0.25, 0.3) is 0 Å². The van der Waals surface area contributed by atoms with Crippen LogP contribution in [0, 0.1) is 5.92 Å². The monoisotopic (exact) mass is 296 g/mol. The van der Waals surface area contributed by atoms with E-state index in [0.717, 1.165) is 19.4 Å². The number of nitrogens with two attached hydrogens (primary N) is 1. The number of anilines is 1. The minimum absolute atomic E-state index is 0.0708. The molecule has 0 spiro atoms. The first-order valence-corrected chi connectivity index (χ1v) is 7.79. The lowest BCUT2D eigenvalue weighted by Crippen LogP contribution is -2.46. The Balaban J connectivity index is 1.88. The maximum absolute atomic E-state index is 12.6. The molecule has 1 saturated carbocycles. The van der Waals surface area contributed by atoms with Crippen LogP contribution < -0.4 is 16.2 Å². The van der Waals surface area contributed by atoms with Gasteiger partial charge in [0.2, 0.25) is 0 Å². The number of aromatic nitrogens is 2. The second-order valence-corrected chi connectivity index (χ2v) is 6.38. The van der Waals surface area contributed by atoms with Crippen LogP contribution in [0.5, 0.6) is 0 Å². The molecule has 2 N–H and O–H groups in total. The third kappa shape index (κ3) is 2.69. The molecule has 0 amide bonds. The molecular formula is C14H21ClN4O. The van der Waals surface area contributed by atoms with Gasteiger partial charge < -0.3 is 10.6 Å². The Morgan fingerprint density at radius 3 is 2.80 bits per heavy atom. The molecule has 1 saturated heterocycles. The highest BCUT2D eigenvalue weighted by Crippen LogP contribution is 2.28. The molecule has 1 atom stereocenters. The Kier molecular flexibility index (Phi) is 3.98.